The average Bonchev–Trinajstić information content (AvgIpc) is 3.35. The number of carbonyl (C=O) groups is 1. The van der Waals surface area contributed by atoms with Gasteiger partial charge in [0.1, 0.15) is 16.3 Å². The molecule has 0 aliphatic rings. The maximum Gasteiger partial charge on any atom is 0.348 e. The van der Waals surface area contributed by atoms with Gasteiger partial charge in [-0.1, -0.05) is 42.5 Å². The van der Waals surface area contributed by atoms with E-state index in [4.69, 9.17) is 4.74 Å². The third kappa shape index (κ3) is 5.40. The van der Waals surface area contributed by atoms with E-state index < -0.39 is 17.2 Å². The zero-order chi connectivity index (χ0) is 25.7. The van der Waals surface area contributed by atoms with Crippen LogP contribution in [0.2, 0.25) is 0 Å². The van der Waals surface area contributed by atoms with Gasteiger partial charge in [-0.15, -0.1) is 11.3 Å². The largest absolute Gasteiger partial charge is 0.457 e. The summed E-state index contributed by atoms with van der Waals surface area (Å²) in [5.41, 5.74) is 1.45. The fraction of sp³-hybridized carbons (Fsp3) is 0.269. The van der Waals surface area contributed by atoms with E-state index in [1.807, 2.05) is 47.4 Å². The molecule has 10 heteroatoms. The minimum absolute atomic E-state index is 0.0460. The van der Waals surface area contributed by atoms with Crippen molar-refractivity contribution in [2.45, 2.75) is 13.2 Å². The van der Waals surface area contributed by atoms with Gasteiger partial charge >= 0.3 is 11.7 Å². The van der Waals surface area contributed by atoms with Crippen molar-refractivity contribution in [1.29, 1.82) is 0 Å². The van der Waals surface area contributed by atoms with Crippen LogP contribution in [0.1, 0.15) is 20.8 Å². The number of anilines is 1. The molecule has 0 amide bonds. The van der Waals surface area contributed by atoms with Crippen LogP contribution in [0, 0.1) is 0 Å². The number of aryl methyl sites for hydroxylation is 1. The molecule has 0 saturated heterocycles. The first-order valence-corrected chi connectivity index (χ1v) is 12.2. The van der Waals surface area contributed by atoms with Crippen LogP contribution in [0.3, 0.4) is 0 Å². The van der Waals surface area contributed by atoms with E-state index in [1.54, 1.807) is 19.2 Å². The van der Waals surface area contributed by atoms with E-state index in [2.05, 4.69) is 0 Å². The lowest BCUT2D eigenvalue weighted by molar-refractivity contribution is 0.0478. The first-order valence-electron chi connectivity index (χ1n) is 11.4. The SMILES string of the molecule is Cn1c(=O)n(Cc2ccc(N(CCO)CCO)cc2)c(=O)c2cc(C(=O)OCc3ccccc3)sc21. The van der Waals surface area contributed by atoms with E-state index >= 15 is 0 Å². The van der Waals surface area contributed by atoms with Crippen molar-refractivity contribution in [1.82, 2.24) is 9.13 Å². The van der Waals surface area contributed by atoms with Gasteiger partial charge in [-0.05, 0) is 29.3 Å². The minimum Gasteiger partial charge on any atom is -0.457 e. The Hall–Kier alpha value is -3.73. The smallest absolute Gasteiger partial charge is 0.348 e. The number of esters is 1. The molecule has 0 spiro atoms. The number of aliphatic hydroxyl groups excluding tert-OH is 2. The zero-order valence-corrected chi connectivity index (χ0v) is 20.6. The Morgan fingerprint density at radius 1 is 0.972 bits per heavy atom. The zero-order valence-electron chi connectivity index (χ0n) is 19.8. The number of aromatic nitrogens is 2. The number of aliphatic hydroxyl groups is 2. The molecule has 4 rings (SSSR count). The molecule has 0 aliphatic carbocycles. The predicted octanol–water partition coefficient (Wildman–Crippen LogP) is 1.96. The summed E-state index contributed by atoms with van der Waals surface area (Å²) in [5, 5.41) is 18.8. The molecule has 0 atom stereocenters. The second-order valence-corrected chi connectivity index (χ2v) is 9.26. The third-order valence-electron chi connectivity index (χ3n) is 5.81. The van der Waals surface area contributed by atoms with Gasteiger partial charge in [0, 0.05) is 25.8 Å². The Morgan fingerprint density at radius 3 is 2.28 bits per heavy atom. The van der Waals surface area contributed by atoms with Crippen molar-refractivity contribution >= 4 is 33.2 Å². The molecule has 0 aliphatic heterocycles. The maximum atomic E-state index is 13.2. The number of ether oxygens (including phenoxy) is 1. The lowest BCUT2D eigenvalue weighted by Crippen LogP contribution is -2.38. The number of nitrogens with zero attached hydrogens (tertiary/aromatic N) is 3. The maximum absolute atomic E-state index is 13.2. The van der Waals surface area contributed by atoms with E-state index in [1.165, 1.54) is 10.6 Å². The van der Waals surface area contributed by atoms with Gasteiger partial charge in [0.05, 0.1) is 25.1 Å². The fourth-order valence-corrected chi connectivity index (χ4v) is 4.92. The Morgan fingerprint density at radius 2 is 1.64 bits per heavy atom. The van der Waals surface area contributed by atoms with Gasteiger partial charge < -0.3 is 19.8 Å². The van der Waals surface area contributed by atoms with Gasteiger partial charge in [0.25, 0.3) is 5.56 Å². The number of benzene rings is 2. The summed E-state index contributed by atoms with van der Waals surface area (Å²) in [6.45, 7) is 0.841. The highest BCUT2D eigenvalue weighted by Gasteiger charge is 2.19. The number of hydrogen-bond acceptors (Lipinski definition) is 8. The van der Waals surface area contributed by atoms with E-state index in [-0.39, 0.29) is 36.6 Å². The van der Waals surface area contributed by atoms with Crippen LogP contribution in [-0.4, -0.2) is 51.6 Å². The quantitative estimate of drug-likeness (QED) is 0.314. The summed E-state index contributed by atoms with van der Waals surface area (Å²) in [6, 6.07) is 18.0. The number of carbonyl (C=O) groups excluding carboxylic acids is 1. The van der Waals surface area contributed by atoms with Crippen LogP contribution < -0.4 is 16.1 Å². The Kier molecular flexibility index (Phi) is 7.99. The number of rotatable bonds is 10. The number of thiophene rings is 1. The van der Waals surface area contributed by atoms with E-state index in [0.29, 0.717) is 17.9 Å². The highest BCUT2D eigenvalue weighted by Crippen LogP contribution is 2.23. The normalized spacial score (nSPS) is 11.1. The first kappa shape index (κ1) is 25.4. The molecule has 0 saturated carbocycles. The van der Waals surface area contributed by atoms with Crippen LogP contribution in [0.25, 0.3) is 10.2 Å². The van der Waals surface area contributed by atoms with Crippen LogP contribution in [0.4, 0.5) is 5.69 Å². The summed E-state index contributed by atoms with van der Waals surface area (Å²) in [6.07, 6.45) is 0. The molecule has 0 fully saturated rings. The van der Waals surface area contributed by atoms with Crippen molar-refractivity contribution in [3.05, 3.63) is 97.5 Å². The predicted molar refractivity (Wildman–Crippen MR) is 139 cm³/mol. The van der Waals surface area contributed by atoms with Crippen molar-refractivity contribution in [2.24, 2.45) is 7.05 Å². The van der Waals surface area contributed by atoms with Gasteiger partial charge in [0.15, 0.2) is 0 Å². The minimum atomic E-state index is -0.552. The molecule has 4 aromatic rings. The first-order chi connectivity index (χ1) is 17.4. The second-order valence-electron chi connectivity index (χ2n) is 8.22. The standard InChI is InChI=1S/C26H27N3O6S/c1-27-24-21(15-22(36-24)25(33)35-17-19-5-3-2-4-6-19)23(32)29(26(27)34)16-18-7-9-20(10-8-18)28(11-13-30)12-14-31/h2-10,15,30-31H,11-14,16-17H2,1H3. The molecule has 0 radical (unpaired) electrons. The van der Waals surface area contributed by atoms with Crippen molar-refractivity contribution < 1.29 is 19.7 Å². The van der Waals surface area contributed by atoms with Gasteiger partial charge in [-0.25, -0.2) is 9.59 Å². The molecular formula is C26H27N3O6S. The molecule has 36 heavy (non-hydrogen) atoms. The lowest BCUT2D eigenvalue weighted by atomic mass is 10.2. The molecular weight excluding hydrogens is 482 g/mol. The average molecular weight is 510 g/mol. The molecule has 2 aromatic carbocycles. The Balaban J connectivity index is 1.58. The van der Waals surface area contributed by atoms with Crippen LogP contribution in [-0.2, 0) is 24.9 Å². The van der Waals surface area contributed by atoms with Crippen molar-refractivity contribution in [3.63, 3.8) is 0 Å². The summed E-state index contributed by atoms with van der Waals surface area (Å²) < 4.78 is 7.89. The van der Waals surface area contributed by atoms with Crippen LogP contribution in [0.15, 0.2) is 70.3 Å². The molecule has 9 nitrogen and oxygen atoms in total. The topological polar surface area (TPSA) is 114 Å². The van der Waals surface area contributed by atoms with E-state index in [9.17, 15) is 24.6 Å². The van der Waals surface area contributed by atoms with Crippen LogP contribution >= 0.6 is 11.3 Å². The molecule has 0 unspecified atom stereocenters. The summed E-state index contributed by atoms with van der Waals surface area (Å²) in [4.78, 5) is 41.3. The summed E-state index contributed by atoms with van der Waals surface area (Å²) in [5.74, 6) is -0.552. The molecule has 2 N–H and O–H groups in total. The molecule has 2 aromatic heterocycles. The van der Waals surface area contributed by atoms with Crippen LogP contribution in [0.5, 0.6) is 0 Å². The highest BCUT2D eigenvalue weighted by molar-refractivity contribution is 7.20. The summed E-state index contributed by atoms with van der Waals surface area (Å²) >= 11 is 1.05. The fourth-order valence-electron chi connectivity index (χ4n) is 3.92. The van der Waals surface area contributed by atoms with Crippen molar-refractivity contribution in [3.8, 4) is 0 Å². The van der Waals surface area contributed by atoms with Gasteiger partial charge in [-0.2, -0.15) is 0 Å². The van der Waals surface area contributed by atoms with Crippen molar-refractivity contribution in [2.75, 3.05) is 31.2 Å². The Labute approximate surface area is 211 Å². The van der Waals surface area contributed by atoms with Gasteiger partial charge in [-0.3, -0.25) is 13.9 Å². The number of hydrogen-bond donors (Lipinski definition) is 2. The summed E-state index contributed by atoms with van der Waals surface area (Å²) in [7, 11) is 1.57. The molecule has 0 bridgehead atoms. The van der Waals surface area contributed by atoms with E-state index in [0.717, 1.165) is 32.7 Å². The van der Waals surface area contributed by atoms with Gasteiger partial charge in [0.2, 0.25) is 0 Å². The second kappa shape index (κ2) is 11.3. The third-order valence-corrected chi connectivity index (χ3v) is 7.00. The molecule has 2 heterocycles. The Bertz CT molecular complexity index is 1450. The highest BCUT2D eigenvalue weighted by atomic mass is 32.1. The monoisotopic (exact) mass is 509 g/mol. The molecule has 188 valence electrons. The number of fused-ring (bicyclic) bond motifs is 1. The lowest BCUT2D eigenvalue weighted by Gasteiger charge is -2.23.